The largest absolute Gasteiger partial charge is 0.391 e. The smallest absolute Gasteiger partial charge is 0.252 e. The SMILES string of the molecule is CC(O)C(C)(C)NC(=O)c1ccccc1CCN. The second-order valence-electron chi connectivity index (χ2n) is 5.05. The van der Waals surface area contributed by atoms with E-state index in [-0.39, 0.29) is 5.91 Å². The van der Waals surface area contributed by atoms with Crippen LogP contribution in [-0.2, 0) is 6.42 Å². The van der Waals surface area contributed by atoms with E-state index in [9.17, 15) is 9.90 Å². The molecule has 1 atom stereocenters. The van der Waals surface area contributed by atoms with Gasteiger partial charge >= 0.3 is 0 Å². The Bertz CT molecular complexity index is 414. The summed E-state index contributed by atoms with van der Waals surface area (Å²) in [5.41, 5.74) is 6.42. The zero-order valence-corrected chi connectivity index (χ0v) is 11.2. The number of nitrogens with one attached hydrogen (secondary N) is 1. The summed E-state index contributed by atoms with van der Waals surface area (Å²) in [6.45, 7) is 5.75. The van der Waals surface area contributed by atoms with Crippen molar-refractivity contribution >= 4 is 5.91 Å². The maximum Gasteiger partial charge on any atom is 0.252 e. The fourth-order valence-electron chi connectivity index (χ4n) is 1.58. The Hall–Kier alpha value is -1.39. The third-order valence-corrected chi connectivity index (χ3v) is 3.16. The van der Waals surface area contributed by atoms with Gasteiger partial charge in [0.05, 0.1) is 11.6 Å². The van der Waals surface area contributed by atoms with Crippen LogP contribution in [0.3, 0.4) is 0 Å². The van der Waals surface area contributed by atoms with Crippen molar-refractivity contribution in [3.8, 4) is 0 Å². The van der Waals surface area contributed by atoms with Crippen molar-refractivity contribution in [3.63, 3.8) is 0 Å². The molecule has 4 heteroatoms. The van der Waals surface area contributed by atoms with Crippen LogP contribution in [0.4, 0.5) is 0 Å². The molecule has 1 unspecified atom stereocenters. The lowest BCUT2D eigenvalue weighted by Gasteiger charge is -2.29. The van der Waals surface area contributed by atoms with Crippen LogP contribution in [0.25, 0.3) is 0 Å². The highest BCUT2D eigenvalue weighted by Gasteiger charge is 2.27. The van der Waals surface area contributed by atoms with Crippen LogP contribution in [-0.4, -0.2) is 29.2 Å². The number of nitrogens with two attached hydrogens (primary N) is 1. The molecule has 1 amide bonds. The normalized spacial score (nSPS) is 13.2. The minimum absolute atomic E-state index is 0.176. The fourth-order valence-corrected chi connectivity index (χ4v) is 1.58. The molecular weight excluding hydrogens is 228 g/mol. The van der Waals surface area contributed by atoms with Gasteiger partial charge < -0.3 is 16.2 Å². The molecule has 1 aromatic carbocycles. The van der Waals surface area contributed by atoms with E-state index < -0.39 is 11.6 Å². The minimum Gasteiger partial charge on any atom is -0.391 e. The standard InChI is InChI=1S/C14H22N2O2/c1-10(17)14(2,3)16-13(18)12-7-5-4-6-11(12)8-9-15/h4-7,10,17H,8-9,15H2,1-3H3,(H,16,18). The number of amides is 1. The molecule has 0 aliphatic heterocycles. The summed E-state index contributed by atoms with van der Waals surface area (Å²) >= 11 is 0. The third kappa shape index (κ3) is 3.55. The predicted molar refractivity (Wildman–Crippen MR) is 72.4 cm³/mol. The molecule has 0 saturated carbocycles. The Morgan fingerprint density at radius 1 is 1.44 bits per heavy atom. The van der Waals surface area contributed by atoms with E-state index in [1.807, 2.05) is 18.2 Å². The predicted octanol–water partition coefficient (Wildman–Crippen LogP) is 1.08. The number of benzene rings is 1. The zero-order chi connectivity index (χ0) is 13.8. The highest BCUT2D eigenvalue weighted by molar-refractivity contribution is 5.96. The van der Waals surface area contributed by atoms with Crippen LogP contribution in [0.5, 0.6) is 0 Å². The second-order valence-corrected chi connectivity index (χ2v) is 5.05. The van der Waals surface area contributed by atoms with Crippen molar-refractivity contribution < 1.29 is 9.90 Å². The van der Waals surface area contributed by atoms with Gasteiger partial charge in [0.2, 0.25) is 0 Å². The van der Waals surface area contributed by atoms with Gasteiger partial charge in [0, 0.05) is 5.56 Å². The summed E-state index contributed by atoms with van der Waals surface area (Å²) in [5, 5.41) is 12.5. The van der Waals surface area contributed by atoms with E-state index in [0.29, 0.717) is 18.5 Å². The molecule has 1 aromatic rings. The number of hydrogen-bond acceptors (Lipinski definition) is 3. The molecule has 0 bridgehead atoms. The van der Waals surface area contributed by atoms with E-state index >= 15 is 0 Å². The summed E-state index contributed by atoms with van der Waals surface area (Å²) in [7, 11) is 0. The van der Waals surface area contributed by atoms with Crippen molar-refractivity contribution in [2.24, 2.45) is 5.73 Å². The first kappa shape index (κ1) is 14.7. The van der Waals surface area contributed by atoms with Crippen LogP contribution >= 0.6 is 0 Å². The number of aliphatic hydroxyl groups excluding tert-OH is 1. The highest BCUT2D eigenvalue weighted by Crippen LogP contribution is 2.13. The van der Waals surface area contributed by atoms with E-state index in [2.05, 4.69) is 5.32 Å². The molecule has 0 fully saturated rings. The molecule has 100 valence electrons. The highest BCUT2D eigenvalue weighted by atomic mass is 16.3. The van der Waals surface area contributed by atoms with Crippen molar-refractivity contribution in [3.05, 3.63) is 35.4 Å². The summed E-state index contributed by atoms with van der Waals surface area (Å²) < 4.78 is 0. The molecule has 18 heavy (non-hydrogen) atoms. The lowest BCUT2D eigenvalue weighted by Crippen LogP contribution is -2.51. The Balaban J connectivity index is 2.91. The molecule has 4 N–H and O–H groups in total. The Morgan fingerprint density at radius 2 is 2.06 bits per heavy atom. The topological polar surface area (TPSA) is 75.3 Å². The number of rotatable bonds is 5. The minimum atomic E-state index is -0.660. The van der Waals surface area contributed by atoms with Crippen LogP contribution < -0.4 is 11.1 Å². The van der Waals surface area contributed by atoms with Gasteiger partial charge in [0.1, 0.15) is 0 Å². The number of aliphatic hydroxyl groups is 1. The summed E-state index contributed by atoms with van der Waals surface area (Å²) in [6.07, 6.45) is 0.0433. The molecular formula is C14H22N2O2. The van der Waals surface area contributed by atoms with Crippen LogP contribution in [0.15, 0.2) is 24.3 Å². The summed E-state index contributed by atoms with van der Waals surface area (Å²) in [6, 6.07) is 7.39. The van der Waals surface area contributed by atoms with Crippen LogP contribution in [0.2, 0.25) is 0 Å². The summed E-state index contributed by atoms with van der Waals surface area (Å²) in [5.74, 6) is -0.176. The number of hydrogen-bond donors (Lipinski definition) is 3. The van der Waals surface area contributed by atoms with Gasteiger partial charge in [-0.25, -0.2) is 0 Å². The maximum atomic E-state index is 12.2. The van der Waals surface area contributed by atoms with Crippen molar-refractivity contribution in [2.75, 3.05) is 6.54 Å². The Labute approximate surface area is 108 Å². The maximum absolute atomic E-state index is 12.2. The molecule has 0 heterocycles. The molecule has 4 nitrogen and oxygen atoms in total. The monoisotopic (exact) mass is 250 g/mol. The number of carbonyl (C=O) groups is 1. The molecule has 0 saturated heterocycles. The van der Waals surface area contributed by atoms with Crippen molar-refractivity contribution in [1.82, 2.24) is 5.32 Å². The van der Waals surface area contributed by atoms with E-state index in [1.165, 1.54) is 0 Å². The van der Waals surface area contributed by atoms with Crippen LogP contribution in [0, 0.1) is 0 Å². The molecule has 0 radical (unpaired) electrons. The van der Waals surface area contributed by atoms with Crippen LogP contribution in [0.1, 0.15) is 36.7 Å². The lowest BCUT2D eigenvalue weighted by atomic mass is 9.97. The summed E-state index contributed by atoms with van der Waals surface area (Å²) in [4.78, 5) is 12.2. The van der Waals surface area contributed by atoms with Gasteiger partial charge in [0.25, 0.3) is 5.91 Å². The van der Waals surface area contributed by atoms with Gasteiger partial charge in [-0.1, -0.05) is 18.2 Å². The van der Waals surface area contributed by atoms with E-state index in [4.69, 9.17) is 5.73 Å². The first-order valence-electron chi connectivity index (χ1n) is 6.17. The Kier molecular flexibility index (Phi) is 4.87. The fraction of sp³-hybridized carbons (Fsp3) is 0.500. The van der Waals surface area contributed by atoms with Gasteiger partial charge in [-0.2, -0.15) is 0 Å². The van der Waals surface area contributed by atoms with Gasteiger partial charge in [-0.15, -0.1) is 0 Å². The first-order chi connectivity index (χ1) is 8.38. The van der Waals surface area contributed by atoms with Crippen molar-refractivity contribution in [1.29, 1.82) is 0 Å². The molecule has 0 aliphatic carbocycles. The third-order valence-electron chi connectivity index (χ3n) is 3.16. The van der Waals surface area contributed by atoms with Gasteiger partial charge in [-0.05, 0) is 45.4 Å². The quantitative estimate of drug-likeness (QED) is 0.732. The molecule has 0 spiro atoms. The molecule has 0 aromatic heterocycles. The zero-order valence-electron chi connectivity index (χ0n) is 11.2. The molecule has 0 aliphatic rings. The van der Waals surface area contributed by atoms with E-state index in [0.717, 1.165) is 5.56 Å². The van der Waals surface area contributed by atoms with E-state index in [1.54, 1.807) is 26.8 Å². The Morgan fingerprint density at radius 3 is 2.61 bits per heavy atom. The van der Waals surface area contributed by atoms with Gasteiger partial charge in [-0.3, -0.25) is 4.79 Å². The first-order valence-corrected chi connectivity index (χ1v) is 6.17. The van der Waals surface area contributed by atoms with Crippen molar-refractivity contribution in [2.45, 2.75) is 38.8 Å². The molecule has 1 rings (SSSR count). The van der Waals surface area contributed by atoms with Gasteiger partial charge in [0.15, 0.2) is 0 Å². The number of carbonyl (C=O) groups excluding carboxylic acids is 1. The lowest BCUT2D eigenvalue weighted by molar-refractivity contribution is 0.0708. The average Bonchev–Trinajstić information content (AvgIpc) is 2.29. The second kappa shape index (κ2) is 5.98. The average molecular weight is 250 g/mol.